The number of allylic oxidation sites excluding steroid dienone is 4. The molecule has 0 saturated carbocycles. The summed E-state index contributed by atoms with van der Waals surface area (Å²) in [5.74, 6) is 0.587. The summed E-state index contributed by atoms with van der Waals surface area (Å²) >= 11 is 1.46. The van der Waals surface area contributed by atoms with Crippen molar-refractivity contribution < 1.29 is 49.0 Å². The van der Waals surface area contributed by atoms with Crippen molar-refractivity contribution in [1.29, 1.82) is 0 Å². The van der Waals surface area contributed by atoms with Gasteiger partial charge in [0.15, 0.2) is 0 Å². The van der Waals surface area contributed by atoms with E-state index in [0.29, 0.717) is 11.3 Å². The average Bonchev–Trinajstić information content (AvgIpc) is 3.60. The van der Waals surface area contributed by atoms with Crippen LogP contribution in [0, 0.1) is 59.0 Å². The molecule has 3 heteroatoms. The fourth-order valence-electron chi connectivity index (χ4n) is 5.61. The Morgan fingerprint density at radius 3 is 1.45 bits per heavy atom. The molecule has 0 radical (unpaired) electrons. The number of hydrogen-bond donors (Lipinski definition) is 0. The van der Waals surface area contributed by atoms with E-state index in [9.17, 15) is 0 Å². The number of rotatable bonds is 4. The third-order valence-electron chi connectivity index (χ3n) is 8.91. The third-order valence-corrected chi connectivity index (χ3v) is 10.3. The molecule has 1 aliphatic carbocycles. The number of fused-ring (bicyclic) bond motifs is 3. The Bertz CT molecular complexity index is 1730. The fraction of sp³-hybridized carbons (Fsp3) is 0.318. The van der Waals surface area contributed by atoms with Crippen molar-refractivity contribution in [2.45, 2.75) is 82.1 Å². The van der Waals surface area contributed by atoms with E-state index in [0.717, 1.165) is 0 Å². The van der Waals surface area contributed by atoms with Crippen LogP contribution < -0.4 is 24.8 Å². The van der Waals surface area contributed by atoms with E-state index in [4.69, 9.17) is 0 Å². The van der Waals surface area contributed by atoms with Crippen LogP contribution in [0.1, 0.15) is 85.0 Å². The zero-order valence-corrected chi connectivity index (χ0v) is 33.9. The Morgan fingerprint density at radius 2 is 1.09 bits per heavy atom. The van der Waals surface area contributed by atoms with E-state index < -0.39 is 0 Å². The molecule has 47 heavy (non-hydrogen) atoms. The van der Waals surface area contributed by atoms with Crippen LogP contribution in [-0.2, 0) is 24.2 Å². The van der Waals surface area contributed by atoms with Gasteiger partial charge in [-0.3, -0.25) is 6.08 Å². The van der Waals surface area contributed by atoms with Crippen LogP contribution in [0.15, 0.2) is 96.6 Å². The predicted molar refractivity (Wildman–Crippen MR) is 195 cm³/mol. The zero-order chi connectivity index (χ0) is 32.9. The van der Waals surface area contributed by atoms with Crippen LogP contribution in [0.3, 0.4) is 0 Å². The Kier molecular flexibility index (Phi) is 15.4. The van der Waals surface area contributed by atoms with Gasteiger partial charge in [-0.1, -0.05) is 86.3 Å². The summed E-state index contributed by atoms with van der Waals surface area (Å²) in [5, 5.41) is 5.53. The molecule has 0 spiro atoms. The number of aryl methyl sites for hydroxylation is 6. The van der Waals surface area contributed by atoms with E-state index in [-0.39, 0.29) is 24.8 Å². The molecule has 1 unspecified atom stereocenters. The fourth-order valence-corrected chi connectivity index (χ4v) is 6.43. The first-order chi connectivity index (χ1) is 21.3. The predicted octanol–water partition coefficient (Wildman–Crippen LogP) is 6.12. The standard InChI is InChI=1S/C17H17.C15H14.C12H19.2ClH.Zr/c1-10-5-14-9-15-6-11(2)13(4)8-17(15)16(14)7-12(10)3;1-12-3-7-14(8-4-12)11-15-9-5-13(2)6-10-15;1-5-6-10-7-8-11(9-10)12(2,3)4;;;/h5-9H,1-4H3;3-10H,1-2H3;8-10H,5-6H2,1-4H3;2*1H;/q-1;;-1;;;+2/p-2. The molecule has 0 heterocycles. The van der Waals surface area contributed by atoms with Gasteiger partial charge in [0.2, 0.25) is 0 Å². The van der Waals surface area contributed by atoms with Gasteiger partial charge in [0, 0.05) is 0 Å². The molecule has 0 aromatic heterocycles. The van der Waals surface area contributed by atoms with Crippen molar-refractivity contribution in [3.05, 3.63) is 147 Å². The molecule has 246 valence electrons. The van der Waals surface area contributed by atoms with Crippen LogP contribution in [-0.4, -0.2) is 3.21 Å². The van der Waals surface area contributed by atoms with E-state index in [1.54, 1.807) is 0 Å². The molecular formula is C44H50Cl2Zr-2. The molecule has 5 aromatic carbocycles. The van der Waals surface area contributed by atoms with Crippen molar-refractivity contribution in [2.24, 2.45) is 11.3 Å². The Hall–Kier alpha value is -2.44. The molecule has 0 saturated heterocycles. The molecular weight excluding hydrogens is 691 g/mol. The summed E-state index contributed by atoms with van der Waals surface area (Å²) in [6.07, 6.45) is 10.4. The summed E-state index contributed by atoms with van der Waals surface area (Å²) < 4.78 is 1.42. The smallest absolute Gasteiger partial charge is 1.00 e. The SMILES string of the molecule is CCCC1[C-]=CC(C(C)(C)C)=C1.Cc1cc2[cH-]c3cc(C)c(C)cc3c2cc1C.Cc1ccc([C](=[Zr+2])c2ccc(C)cc2)cc1.[Cl-].[Cl-]. The Morgan fingerprint density at radius 1 is 0.681 bits per heavy atom. The van der Waals surface area contributed by atoms with Gasteiger partial charge in [-0.25, -0.2) is 6.08 Å². The van der Waals surface area contributed by atoms with Crippen molar-refractivity contribution in [2.75, 3.05) is 0 Å². The van der Waals surface area contributed by atoms with Gasteiger partial charge < -0.3 is 24.8 Å². The maximum atomic E-state index is 3.40. The van der Waals surface area contributed by atoms with E-state index in [1.807, 2.05) is 0 Å². The number of benzene rings is 4. The quantitative estimate of drug-likeness (QED) is 0.195. The summed E-state index contributed by atoms with van der Waals surface area (Å²) in [6, 6.07) is 29.1. The van der Waals surface area contributed by atoms with Crippen LogP contribution in [0.2, 0.25) is 0 Å². The summed E-state index contributed by atoms with van der Waals surface area (Å²) in [6.45, 7) is 22.0. The molecule has 0 N–H and O–H groups in total. The first-order valence-electron chi connectivity index (χ1n) is 16.4. The second-order valence-electron chi connectivity index (χ2n) is 13.9. The normalized spacial score (nSPS) is 13.5. The second kappa shape index (κ2) is 17.8. The van der Waals surface area contributed by atoms with Gasteiger partial charge in [0.1, 0.15) is 0 Å². The van der Waals surface area contributed by atoms with Crippen molar-refractivity contribution >= 4 is 24.8 Å². The van der Waals surface area contributed by atoms with E-state index in [1.165, 1.54) is 112 Å². The first-order valence-corrected chi connectivity index (χ1v) is 17.6. The molecule has 5 aromatic rings. The van der Waals surface area contributed by atoms with Crippen LogP contribution in [0.4, 0.5) is 0 Å². The summed E-state index contributed by atoms with van der Waals surface area (Å²) in [4.78, 5) is 0. The topological polar surface area (TPSA) is 0 Å². The Labute approximate surface area is 312 Å². The first kappa shape index (κ1) is 40.7. The largest absolute Gasteiger partial charge is 1.00 e. The Balaban J connectivity index is 0.000000244. The van der Waals surface area contributed by atoms with E-state index >= 15 is 0 Å². The summed E-state index contributed by atoms with van der Waals surface area (Å²) in [7, 11) is 0. The molecule has 1 aliphatic rings. The molecule has 0 amide bonds. The molecule has 0 fully saturated rings. The second-order valence-corrected chi connectivity index (χ2v) is 15.1. The minimum Gasteiger partial charge on any atom is -1.00 e. The molecule has 1 atom stereocenters. The molecule has 0 bridgehead atoms. The van der Waals surface area contributed by atoms with Crippen molar-refractivity contribution in [3.63, 3.8) is 0 Å². The van der Waals surface area contributed by atoms with Crippen LogP contribution in [0.25, 0.3) is 21.5 Å². The van der Waals surface area contributed by atoms with Gasteiger partial charge in [0.05, 0.1) is 0 Å². The molecule has 0 nitrogen and oxygen atoms in total. The van der Waals surface area contributed by atoms with Crippen LogP contribution >= 0.6 is 0 Å². The van der Waals surface area contributed by atoms with Gasteiger partial charge >= 0.3 is 112 Å². The van der Waals surface area contributed by atoms with Crippen molar-refractivity contribution in [1.82, 2.24) is 0 Å². The van der Waals surface area contributed by atoms with Crippen LogP contribution in [0.5, 0.6) is 0 Å². The van der Waals surface area contributed by atoms with Gasteiger partial charge in [0.25, 0.3) is 0 Å². The van der Waals surface area contributed by atoms with Gasteiger partial charge in [-0.15, -0.1) is 39.7 Å². The minimum absolute atomic E-state index is 0. The monoisotopic (exact) mass is 738 g/mol. The van der Waals surface area contributed by atoms with Gasteiger partial charge in [-0.2, -0.15) is 11.6 Å². The average molecular weight is 741 g/mol. The summed E-state index contributed by atoms with van der Waals surface area (Å²) in [5.41, 5.74) is 12.6. The number of halogens is 2. The van der Waals surface area contributed by atoms with Gasteiger partial charge in [-0.05, 0) is 27.7 Å². The third kappa shape index (κ3) is 10.8. The van der Waals surface area contributed by atoms with E-state index in [2.05, 4.69) is 166 Å². The minimum atomic E-state index is 0. The number of hydrogen-bond acceptors (Lipinski definition) is 0. The molecule has 6 rings (SSSR count). The molecule has 0 aliphatic heterocycles. The maximum absolute atomic E-state index is 3.40. The zero-order valence-electron chi connectivity index (χ0n) is 29.9. The maximum Gasteiger partial charge on any atom is -1.00 e. The van der Waals surface area contributed by atoms with Crippen molar-refractivity contribution in [3.8, 4) is 0 Å².